The van der Waals surface area contributed by atoms with Crippen LogP contribution in [0.4, 0.5) is 22.4 Å². The average molecular weight is 621 g/mol. The van der Waals surface area contributed by atoms with Crippen LogP contribution in [-0.4, -0.2) is 53.9 Å². The summed E-state index contributed by atoms with van der Waals surface area (Å²) in [6.07, 6.45) is 2.63. The Labute approximate surface area is 262 Å². The van der Waals surface area contributed by atoms with Gasteiger partial charge in [-0.1, -0.05) is 54.6 Å². The van der Waals surface area contributed by atoms with Gasteiger partial charge in [0, 0.05) is 31.2 Å². The van der Waals surface area contributed by atoms with E-state index >= 15 is 13.2 Å². The van der Waals surface area contributed by atoms with Crippen molar-refractivity contribution in [2.24, 2.45) is 0 Å². The number of carbonyl (C=O) groups is 1. The molecule has 0 unspecified atom stereocenters. The third kappa shape index (κ3) is 6.96. The van der Waals surface area contributed by atoms with Crippen molar-refractivity contribution < 1.29 is 27.1 Å². The van der Waals surface area contributed by atoms with Crippen LogP contribution in [-0.2, 0) is 24.2 Å². The Kier molecular flexibility index (Phi) is 9.31. The minimum absolute atomic E-state index is 0.0241. The number of benzene rings is 3. The summed E-state index contributed by atoms with van der Waals surface area (Å²) in [5.41, 5.74) is 4.34. The van der Waals surface area contributed by atoms with Crippen LogP contribution in [0.2, 0.25) is 0 Å². The first-order valence-electron chi connectivity index (χ1n) is 16.0. The van der Waals surface area contributed by atoms with Crippen molar-refractivity contribution in [3.8, 4) is 0 Å². The number of carbonyl (C=O) groups excluding carboxylic acids is 1. The lowest BCUT2D eigenvalue weighted by molar-refractivity contribution is 0.0945. The fourth-order valence-electron chi connectivity index (χ4n) is 6.90. The van der Waals surface area contributed by atoms with Crippen LogP contribution in [0.15, 0.2) is 72.3 Å². The number of hydrogen-bond donors (Lipinski definition) is 0. The Morgan fingerprint density at radius 3 is 2.38 bits per heavy atom. The minimum atomic E-state index is -1.31. The highest BCUT2D eigenvalue weighted by atomic mass is 19.1. The first-order chi connectivity index (χ1) is 21.8. The maximum Gasteiger partial charge on any atom is 0.410 e. The fourth-order valence-corrected chi connectivity index (χ4v) is 6.90. The second-order valence-electron chi connectivity index (χ2n) is 12.8. The third-order valence-electron chi connectivity index (χ3n) is 9.43. The monoisotopic (exact) mass is 620 g/mol. The van der Waals surface area contributed by atoms with Gasteiger partial charge in [-0.15, -0.1) is 0 Å². The fraction of sp³-hybridized carbons (Fsp3) is 0.432. The molecule has 8 heteroatoms. The van der Waals surface area contributed by atoms with Gasteiger partial charge in [0.2, 0.25) is 0 Å². The van der Waals surface area contributed by atoms with E-state index in [4.69, 9.17) is 4.74 Å². The number of amides is 1. The molecule has 1 heterocycles. The lowest BCUT2D eigenvalue weighted by Gasteiger charge is -2.43. The van der Waals surface area contributed by atoms with E-state index in [0.29, 0.717) is 44.1 Å². The smallest absolute Gasteiger partial charge is 0.410 e. The van der Waals surface area contributed by atoms with Gasteiger partial charge in [-0.3, -0.25) is 9.29 Å². The van der Waals surface area contributed by atoms with Crippen molar-refractivity contribution in [1.82, 2.24) is 9.80 Å². The van der Waals surface area contributed by atoms with E-state index in [-0.39, 0.29) is 44.3 Å². The quantitative estimate of drug-likeness (QED) is 0.190. The summed E-state index contributed by atoms with van der Waals surface area (Å²) in [7, 11) is 0. The van der Waals surface area contributed by atoms with Crippen LogP contribution in [0.1, 0.15) is 72.9 Å². The molecule has 45 heavy (non-hydrogen) atoms. The predicted molar refractivity (Wildman–Crippen MR) is 167 cm³/mol. The molecule has 0 saturated heterocycles. The zero-order valence-corrected chi connectivity index (χ0v) is 25.7. The highest BCUT2D eigenvalue weighted by molar-refractivity contribution is 5.79. The van der Waals surface area contributed by atoms with Crippen LogP contribution >= 0.6 is 0 Å². The van der Waals surface area contributed by atoms with Crippen molar-refractivity contribution in [3.63, 3.8) is 0 Å². The molecule has 1 fully saturated rings. The molecule has 0 radical (unpaired) electrons. The number of ether oxygens (including phenoxy) is 1. The number of hydrogen-bond acceptors (Lipinski definition) is 3. The molecule has 0 spiro atoms. The Morgan fingerprint density at radius 2 is 1.67 bits per heavy atom. The maximum absolute atomic E-state index is 16.1. The van der Waals surface area contributed by atoms with Gasteiger partial charge in [0.25, 0.3) is 0 Å². The number of nitrogens with zero attached hydrogens (tertiary/aromatic N) is 2. The second-order valence-corrected chi connectivity index (χ2v) is 12.8. The molecule has 1 saturated carbocycles. The van der Waals surface area contributed by atoms with Crippen LogP contribution in [0.5, 0.6) is 0 Å². The van der Waals surface area contributed by atoms with Crippen LogP contribution < -0.4 is 0 Å². The zero-order valence-electron chi connectivity index (χ0n) is 25.7. The molecule has 238 valence electrons. The molecule has 1 aliphatic heterocycles. The molecule has 3 aromatic carbocycles. The number of halogens is 4. The van der Waals surface area contributed by atoms with Crippen molar-refractivity contribution in [2.45, 2.75) is 76.2 Å². The van der Waals surface area contributed by atoms with Crippen molar-refractivity contribution in [2.75, 3.05) is 26.3 Å². The number of alkyl halides is 2. The van der Waals surface area contributed by atoms with Gasteiger partial charge in [0.1, 0.15) is 23.9 Å². The molecule has 3 aliphatic rings. The lowest BCUT2D eigenvalue weighted by atomic mass is 9.84. The molecule has 0 aromatic heterocycles. The molecule has 2 atom stereocenters. The van der Waals surface area contributed by atoms with Gasteiger partial charge < -0.3 is 9.64 Å². The van der Waals surface area contributed by atoms with Crippen molar-refractivity contribution >= 4 is 11.7 Å². The van der Waals surface area contributed by atoms with Crippen molar-refractivity contribution in [3.05, 3.63) is 112 Å². The SMILES string of the molecule is C[C@@H]1CC2=C(Cc3ccccc32)[C@@H](c2c(F)cc(CCCN(CCCF)C(=O)OCc3ccccc3)cc2F)N1CC1(F)CC1. The Bertz CT molecular complexity index is 1530. The highest BCUT2D eigenvalue weighted by Crippen LogP contribution is 2.52. The number of fused-ring (bicyclic) bond motifs is 2. The molecule has 4 nitrogen and oxygen atoms in total. The minimum Gasteiger partial charge on any atom is -0.445 e. The normalized spacial score (nSPS) is 20.1. The van der Waals surface area contributed by atoms with Crippen LogP contribution in [0.3, 0.4) is 0 Å². The largest absolute Gasteiger partial charge is 0.445 e. The first-order valence-corrected chi connectivity index (χ1v) is 16.0. The highest BCUT2D eigenvalue weighted by Gasteiger charge is 2.49. The molecule has 0 N–H and O–H groups in total. The lowest BCUT2D eigenvalue weighted by Crippen LogP contribution is -2.45. The van der Waals surface area contributed by atoms with E-state index < -0.39 is 36.1 Å². The summed E-state index contributed by atoms with van der Waals surface area (Å²) in [4.78, 5) is 16.2. The molecule has 1 amide bonds. The summed E-state index contributed by atoms with van der Waals surface area (Å²) in [6.45, 7) is 2.17. The van der Waals surface area contributed by atoms with Gasteiger partial charge in [0.15, 0.2) is 0 Å². The van der Waals surface area contributed by atoms with Gasteiger partial charge in [-0.05, 0) is 97.4 Å². The molecule has 6 rings (SSSR count). The van der Waals surface area contributed by atoms with E-state index in [2.05, 4.69) is 12.1 Å². The number of aryl methyl sites for hydroxylation is 1. The van der Waals surface area contributed by atoms with E-state index in [0.717, 1.165) is 27.8 Å². The van der Waals surface area contributed by atoms with Crippen molar-refractivity contribution in [1.29, 1.82) is 0 Å². The first kappa shape index (κ1) is 31.3. The zero-order chi connectivity index (χ0) is 31.6. The van der Waals surface area contributed by atoms with Crippen LogP contribution in [0.25, 0.3) is 5.57 Å². The Balaban J connectivity index is 1.19. The van der Waals surface area contributed by atoms with Gasteiger partial charge >= 0.3 is 6.09 Å². The predicted octanol–water partition coefficient (Wildman–Crippen LogP) is 8.54. The van der Waals surface area contributed by atoms with Gasteiger partial charge in [-0.2, -0.15) is 0 Å². The molecule has 3 aromatic rings. The summed E-state index contributed by atoms with van der Waals surface area (Å²) in [5.74, 6) is -1.28. The topological polar surface area (TPSA) is 32.8 Å². The third-order valence-corrected chi connectivity index (χ3v) is 9.43. The number of rotatable bonds is 12. The molecule has 0 bridgehead atoms. The van der Waals surface area contributed by atoms with E-state index in [1.54, 1.807) is 0 Å². The van der Waals surface area contributed by atoms with E-state index in [1.165, 1.54) is 17.0 Å². The summed E-state index contributed by atoms with van der Waals surface area (Å²) < 4.78 is 65.7. The van der Waals surface area contributed by atoms with E-state index in [1.807, 2.05) is 54.3 Å². The van der Waals surface area contributed by atoms with Crippen LogP contribution in [0, 0.1) is 11.6 Å². The maximum atomic E-state index is 16.1. The molecular weight excluding hydrogens is 580 g/mol. The second kappa shape index (κ2) is 13.4. The molecule has 2 aliphatic carbocycles. The summed E-state index contributed by atoms with van der Waals surface area (Å²) >= 11 is 0. The van der Waals surface area contributed by atoms with E-state index in [9.17, 15) is 9.18 Å². The standard InChI is InChI=1S/C37H40F4N2O2/c1-25-19-30-29-13-6-5-12-28(29)22-31(30)35(43(25)24-37(41)14-15-37)34-32(39)20-27(21-33(34)40)11-7-17-42(18-8-16-38)36(44)45-23-26-9-3-2-4-10-26/h2-6,9-10,12-13,20-21,25,35H,7-8,11,14-19,22-24H2,1H3/t25-,35+/m1/s1. The Hall–Kier alpha value is -3.65. The summed E-state index contributed by atoms with van der Waals surface area (Å²) in [6, 6.07) is 19.4. The average Bonchev–Trinajstić information content (AvgIpc) is 3.65. The Morgan fingerprint density at radius 1 is 0.978 bits per heavy atom. The van der Waals surface area contributed by atoms with Gasteiger partial charge in [-0.25, -0.2) is 18.0 Å². The summed E-state index contributed by atoms with van der Waals surface area (Å²) in [5, 5.41) is 0. The van der Waals surface area contributed by atoms with Gasteiger partial charge in [0.05, 0.1) is 12.7 Å². The molecular formula is C37H40F4N2O2.